The topological polar surface area (TPSA) is 73.8 Å². The minimum atomic E-state index is -0.120. The van der Waals surface area contributed by atoms with Crippen molar-refractivity contribution in [2.75, 3.05) is 5.73 Å². The predicted octanol–water partition coefficient (Wildman–Crippen LogP) is 1.73. The second-order valence-corrected chi connectivity index (χ2v) is 4.74. The molecule has 0 amide bonds. The molecule has 0 atom stereocenters. The zero-order valence-corrected chi connectivity index (χ0v) is 11.1. The van der Waals surface area contributed by atoms with Crippen LogP contribution in [0.5, 0.6) is 0 Å². The van der Waals surface area contributed by atoms with Gasteiger partial charge in [0.05, 0.1) is 18.3 Å². The molecule has 0 saturated carbocycles. The van der Waals surface area contributed by atoms with Crippen molar-refractivity contribution in [1.82, 2.24) is 14.8 Å². The highest BCUT2D eigenvalue weighted by atomic mass is 16.1. The van der Waals surface area contributed by atoms with Crippen molar-refractivity contribution in [3.05, 3.63) is 64.2 Å². The molecule has 0 saturated heterocycles. The first-order valence-corrected chi connectivity index (χ1v) is 6.31. The highest BCUT2D eigenvalue weighted by molar-refractivity contribution is 5.92. The van der Waals surface area contributed by atoms with Crippen molar-refractivity contribution < 1.29 is 0 Å². The number of nitrogen functional groups attached to an aromatic ring is 1. The molecular formula is C15H14N4O. The predicted molar refractivity (Wildman–Crippen MR) is 78.5 cm³/mol. The Morgan fingerprint density at radius 1 is 1.30 bits per heavy atom. The lowest BCUT2D eigenvalue weighted by Gasteiger charge is -2.09. The molecule has 2 aromatic heterocycles. The highest BCUT2D eigenvalue weighted by Gasteiger charge is 2.07. The largest absolute Gasteiger partial charge is 0.398 e. The van der Waals surface area contributed by atoms with Crippen molar-refractivity contribution in [3.63, 3.8) is 0 Å². The minimum Gasteiger partial charge on any atom is -0.398 e. The number of hydrogen-bond acceptors (Lipinski definition) is 4. The Bertz CT molecular complexity index is 839. The van der Waals surface area contributed by atoms with Gasteiger partial charge in [-0.2, -0.15) is 5.10 Å². The van der Waals surface area contributed by atoms with Crippen molar-refractivity contribution in [3.8, 4) is 0 Å². The maximum absolute atomic E-state index is 11.9. The summed E-state index contributed by atoms with van der Waals surface area (Å²) in [6, 6.07) is 9.06. The summed E-state index contributed by atoms with van der Waals surface area (Å²) in [7, 11) is 0. The standard InChI is InChI=1S/C15H14N4O/c1-10-7-14(20)19(18-8-10)9-11-4-5-13(16)12-3-2-6-17-15(11)12/h2-8H,9,16H2,1H3. The van der Waals surface area contributed by atoms with Crippen LogP contribution in [-0.4, -0.2) is 14.8 Å². The van der Waals surface area contributed by atoms with Crippen molar-refractivity contribution in [1.29, 1.82) is 0 Å². The van der Waals surface area contributed by atoms with Gasteiger partial charge in [0.15, 0.2) is 0 Å². The summed E-state index contributed by atoms with van der Waals surface area (Å²) < 4.78 is 1.42. The van der Waals surface area contributed by atoms with Gasteiger partial charge in [0.2, 0.25) is 0 Å². The fourth-order valence-corrected chi connectivity index (χ4v) is 2.19. The molecule has 0 fully saturated rings. The summed E-state index contributed by atoms with van der Waals surface area (Å²) in [5.74, 6) is 0. The van der Waals surface area contributed by atoms with Gasteiger partial charge in [-0.3, -0.25) is 9.78 Å². The monoisotopic (exact) mass is 266 g/mol. The van der Waals surface area contributed by atoms with E-state index in [0.717, 1.165) is 22.0 Å². The molecule has 0 spiro atoms. The van der Waals surface area contributed by atoms with E-state index in [9.17, 15) is 4.79 Å². The number of pyridine rings is 1. The zero-order valence-electron chi connectivity index (χ0n) is 11.1. The SMILES string of the molecule is Cc1cnn(Cc2ccc(N)c3cccnc23)c(=O)c1. The molecule has 20 heavy (non-hydrogen) atoms. The van der Waals surface area contributed by atoms with Crippen molar-refractivity contribution in [2.24, 2.45) is 0 Å². The second kappa shape index (κ2) is 4.77. The van der Waals surface area contributed by atoms with Crippen LogP contribution < -0.4 is 11.3 Å². The normalized spacial score (nSPS) is 10.8. The summed E-state index contributed by atoms with van der Waals surface area (Å²) in [6.45, 7) is 2.23. The van der Waals surface area contributed by atoms with E-state index in [4.69, 9.17) is 5.73 Å². The van der Waals surface area contributed by atoms with Crippen LogP contribution in [-0.2, 0) is 6.54 Å². The van der Waals surface area contributed by atoms with Crippen LogP contribution in [0.3, 0.4) is 0 Å². The Morgan fingerprint density at radius 3 is 2.95 bits per heavy atom. The Balaban J connectivity index is 2.12. The molecule has 0 unspecified atom stereocenters. The lowest BCUT2D eigenvalue weighted by Crippen LogP contribution is -2.22. The molecule has 3 rings (SSSR count). The van der Waals surface area contributed by atoms with E-state index in [1.807, 2.05) is 31.2 Å². The Labute approximate surface area is 115 Å². The van der Waals surface area contributed by atoms with E-state index in [0.29, 0.717) is 12.2 Å². The molecule has 0 radical (unpaired) electrons. The lowest BCUT2D eigenvalue weighted by molar-refractivity contribution is 0.638. The third-order valence-corrected chi connectivity index (χ3v) is 3.21. The first kappa shape index (κ1) is 12.3. The summed E-state index contributed by atoms with van der Waals surface area (Å²) >= 11 is 0. The van der Waals surface area contributed by atoms with Crippen LogP contribution in [0.25, 0.3) is 10.9 Å². The van der Waals surface area contributed by atoms with Gasteiger partial charge in [0.1, 0.15) is 0 Å². The van der Waals surface area contributed by atoms with Gasteiger partial charge in [-0.15, -0.1) is 0 Å². The Hall–Kier alpha value is -2.69. The second-order valence-electron chi connectivity index (χ2n) is 4.74. The van der Waals surface area contributed by atoms with Gasteiger partial charge in [0.25, 0.3) is 5.56 Å². The van der Waals surface area contributed by atoms with E-state index in [1.165, 1.54) is 4.68 Å². The van der Waals surface area contributed by atoms with Gasteiger partial charge >= 0.3 is 0 Å². The molecule has 5 nitrogen and oxygen atoms in total. The summed E-state index contributed by atoms with van der Waals surface area (Å²) in [4.78, 5) is 16.3. The number of benzene rings is 1. The van der Waals surface area contributed by atoms with Gasteiger partial charge in [-0.1, -0.05) is 6.07 Å². The molecule has 2 N–H and O–H groups in total. The van der Waals surface area contributed by atoms with Crippen LogP contribution >= 0.6 is 0 Å². The summed E-state index contributed by atoms with van der Waals surface area (Å²) in [5.41, 5.74) is 9.09. The van der Waals surface area contributed by atoms with Crippen molar-refractivity contribution in [2.45, 2.75) is 13.5 Å². The fourth-order valence-electron chi connectivity index (χ4n) is 2.19. The Kier molecular flexibility index (Phi) is 2.95. The van der Waals surface area contributed by atoms with Crippen molar-refractivity contribution >= 4 is 16.6 Å². The van der Waals surface area contributed by atoms with E-state index < -0.39 is 0 Å². The van der Waals surface area contributed by atoms with E-state index in [1.54, 1.807) is 18.5 Å². The molecular weight excluding hydrogens is 252 g/mol. The first-order chi connectivity index (χ1) is 9.65. The van der Waals surface area contributed by atoms with Gasteiger partial charge < -0.3 is 5.73 Å². The molecule has 1 aromatic carbocycles. The number of aryl methyl sites for hydroxylation is 1. The number of rotatable bonds is 2. The van der Waals surface area contributed by atoms with Crippen LogP contribution in [0.4, 0.5) is 5.69 Å². The molecule has 0 bridgehead atoms. The quantitative estimate of drug-likeness (QED) is 0.717. The third kappa shape index (κ3) is 2.14. The summed E-state index contributed by atoms with van der Waals surface area (Å²) in [5, 5.41) is 5.04. The molecule has 0 aliphatic rings. The number of nitrogens with two attached hydrogens (primary N) is 1. The molecule has 5 heteroatoms. The number of anilines is 1. The molecule has 2 heterocycles. The van der Waals surface area contributed by atoms with Gasteiger partial charge in [-0.05, 0) is 30.7 Å². The summed E-state index contributed by atoms with van der Waals surface area (Å²) in [6.07, 6.45) is 3.39. The maximum Gasteiger partial charge on any atom is 0.267 e. The van der Waals surface area contributed by atoms with E-state index >= 15 is 0 Å². The number of fused-ring (bicyclic) bond motifs is 1. The van der Waals surface area contributed by atoms with E-state index in [-0.39, 0.29) is 5.56 Å². The molecule has 0 aliphatic carbocycles. The number of aromatic nitrogens is 3. The first-order valence-electron chi connectivity index (χ1n) is 6.31. The van der Waals surface area contributed by atoms with Crippen LogP contribution in [0.2, 0.25) is 0 Å². The molecule has 0 aliphatic heterocycles. The fraction of sp³-hybridized carbons (Fsp3) is 0.133. The van der Waals surface area contributed by atoms with Crippen LogP contribution in [0.15, 0.2) is 47.5 Å². The van der Waals surface area contributed by atoms with Gasteiger partial charge in [-0.25, -0.2) is 4.68 Å². The zero-order chi connectivity index (χ0) is 14.1. The third-order valence-electron chi connectivity index (χ3n) is 3.21. The van der Waals surface area contributed by atoms with Gasteiger partial charge in [0, 0.05) is 28.9 Å². The molecule has 3 aromatic rings. The maximum atomic E-state index is 11.9. The minimum absolute atomic E-state index is 0.120. The molecule has 100 valence electrons. The highest BCUT2D eigenvalue weighted by Crippen LogP contribution is 2.22. The van der Waals surface area contributed by atoms with Crippen LogP contribution in [0, 0.1) is 6.92 Å². The average Bonchev–Trinajstić information content (AvgIpc) is 2.45. The van der Waals surface area contributed by atoms with Crippen LogP contribution in [0.1, 0.15) is 11.1 Å². The number of hydrogen-bond donors (Lipinski definition) is 1. The average molecular weight is 266 g/mol. The lowest BCUT2D eigenvalue weighted by atomic mass is 10.1. The smallest absolute Gasteiger partial charge is 0.267 e. The Morgan fingerprint density at radius 2 is 2.15 bits per heavy atom. The van der Waals surface area contributed by atoms with E-state index in [2.05, 4.69) is 10.1 Å². The number of nitrogens with zero attached hydrogens (tertiary/aromatic N) is 3.